The van der Waals surface area contributed by atoms with Crippen LogP contribution in [0.2, 0.25) is 0 Å². The van der Waals surface area contributed by atoms with Crippen LogP contribution in [-0.4, -0.2) is 52.4 Å². The number of allylic oxidation sites excluding steroid dienone is 2. The van der Waals surface area contributed by atoms with Crippen molar-refractivity contribution in [2.24, 2.45) is 5.92 Å². The molecular weight excluding hydrogens is 416 g/mol. The fourth-order valence-electron chi connectivity index (χ4n) is 5.36. The van der Waals surface area contributed by atoms with Crippen LogP contribution in [0, 0.1) is 5.92 Å². The number of nitrogens with zero attached hydrogens (tertiary/aromatic N) is 3. The molecule has 0 unspecified atom stereocenters. The number of para-hydroxylation sites is 1. The molecule has 0 bridgehead atoms. The molecule has 33 heavy (non-hydrogen) atoms. The SMILES string of the molecule is COc1ccccc1CN1CCc2nc([C@@H]3CCN(C(=O)[C@H]4CC=CCC4)C3)[nH]c(=O)c2C1. The van der Waals surface area contributed by atoms with Gasteiger partial charge in [0, 0.05) is 56.5 Å². The van der Waals surface area contributed by atoms with E-state index < -0.39 is 0 Å². The van der Waals surface area contributed by atoms with E-state index in [9.17, 15) is 9.59 Å². The zero-order valence-electron chi connectivity index (χ0n) is 19.3. The highest BCUT2D eigenvalue weighted by Gasteiger charge is 2.33. The number of ether oxygens (including phenoxy) is 1. The van der Waals surface area contributed by atoms with Crippen molar-refractivity contribution in [2.45, 2.75) is 51.1 Å². The minimum Gasteiger partial charge on any atom is -0.496 e. The fraction of sp³-hybridized carbons (Fsp3) is 0.500. The predicted molar refractivity (Wildman–Crippen MR) is 126 cm³/mol. The highest BCUT2D eigenvalue weighted by molar-refractivity contribution is 5.79. The van der Waals surface area contributed by atoms with Crippen LogP contribution >= 0.6 is 0 Å². The Bertz CT molecular complexity index is 1110. The molecule has 7 heteroatoms. The third-order valence-electron chi connectivity index (χ3n) is 7.26. The lowest BCUT2D eigenvalue weighted by atomic mass is 9.93. The molecule has 1 aliphatic carbocycles. The summed E-state index contributed by atoms with van der Waals surface area (Å²) in [6.07, 6.45) is 8.67. The van der Waals surface area contributed by atoms with Crippen molar-refractivity contribution in [3.63, 3.8) is 0 Å². The molecule has 174 valence electrons. The molecule has 0 radical (unpaired) electrons. The Balaban J connectivity index is 1.26. The van der Waals surface area contributed by atoms with Crippen molar-refractivity contribution < 1.29 is 9.53 Å². The number of carbonyl (C=O) groups is 1. The number of fused-ring (bicyclic) bond motifs is 1. The molecule has 2 aliphatic heterocycles. The van der Waals surface area contributed by atoms with E-state index >= 15 is 0 Å². The Kier molecular flexibility index (Phi) is 6.31. The first-order valence-corrected chi connectivity index (χ1v) is 12.0. The Morgan fingerprint density at radius 1 is 1.21 bits per heavy atom. The summed E-state index contributed by atoms with van der Waals surface area (Å²) >= 11 is 0. The minimum absolute atomic E-state index is 0.0399. The Morgan fingerprint density at radius 2 is 2.09 bits per heavy atom. The zero-order chi connectivity index (χ0) is 22.8. The number of hydrogen-bond acceptors (Lipinski definition) is 5. The van der Waals surface area contributed by atoms with Crippen LogP contribution < -0.4 is 10.3 Å². The molecule has 2 aromatic rings. The van der Waals surface area contributed by atoms with Crippen molar-refractivity contribution in [1.29, 1.82) is 0 Å². The van der Waals surface area contributed by atoms with Gasteiger partial charge in [0.25, 0.3) is 5.56 Å². The Hall–Kier alpha value is -2.93. The van der Waals surface area contributed by atoms with Gasteiger partial charge in [-0.15, -0.1) is 0 Å². The van der Waals surface area contributed by atoms with Gasteiger partial charge < -0.3 is 14.6 Å². The monoisotopic (exact) mass is 448 g/mol. The van der Waals surface area contributed by atoms with Crippen LogP contribution in [0.15, 0.2) is 41.2 Å². The minimum atomic E-state index is -0.0399. The first kappa shape index (κ1) is 21.9. The molecule has 0 spiro atoms. The number of nitrogens with one attached hydrogen (secondary N) is 1. The van der Waals surface area contributed by atoms with Crippen molar-refractivity contribution in [3.8, 4) is 5.75 Å². The molecule has 3 heterocycles. The molecule has 3 aliphatic rings. The van der Waals surface area contributed by atoms with Crippen LogP contribution in [0.3, 0.4) is 0 Å². The molecule has 1 N–H and O–H groups in total. The van der Waals surface area contributed by atoms with Gasteiger partial charge in [0.15, 0.2) is 0 Å². The lowest BCUT2D eigenvalue weighted by Crippen LogP contribution is -2.37. The van der Waals surface area contributed by atoms with Crippen molar-refractivity contribution in [2.75, 3.05) is 26.7 Å². The van der Waals surface area contributed by atoms with Crippen molar-refractivity contribution in [3.05, 3.63) is 69.4 Å². The van der Waals surface area contributed by atoms with Gasteiger partial charge >= 0.3 is 0 Å². The van der Waals surface area contributed by atoms with E-state index in [0.717, 1.165) is 80.1 Å². The van der Waals surface area contributed by atoms with Gasteiger partial charge in [-0.25, -0.2) is 4.98 Å². The number of benzene rings is 1. The number of aromatic nitrogens is 2. The van der Waals surface area contributed by atoms with E-state index in [-0.39, 0.29) is 23.3 Å². The third-order valence-corrected chi connectivity index (χ3v) is 7.26. The van der Waals surface area contributed by atoms with Crippen LogP contribution in [0.25, 0.3) is 0 Å². The standard InChI is InChI=1S/C26H32N4O3/c1-33-23-10-6-5-9-19(23)15-29-13-12-22-21(17-29)25(31)28-24(27-22)20-11-14-30(16-20)26(32)18-7-3-2-4-8-18/h2-3,5-6,9-10,18,20H,4,7-8,11-17H2,1H3,(H,27,28,31)/t18-,20+/m0/s1. The first-order valence-electron chi connectivity index (χ1n) is 12.0. The second-order valence-corrected chi connectivity index (χ2v) is 9.40. The summed E-state index contributed by atoms with van der Waals surface area (Å²) in [5.41, 5.74) is 2.75. The molecule has 1 aromatic heterocycles. The summed E-state index contributed by atoms with van der Waals surface area (Å²) in [5, 5.41) is 0. The molecule has 1 saturated heterocycles. The summed E-state index contributed by atoms with van der Waals surface area (Å²) in [6, 6.07) is 8.01. The number of amides is 1. The average molecular weight is 449 g/mol. The smallest absolute Gasteiger partial charge is 0.255 e. The molecule has 1 aromatic carbocycles. The lowest BCUT2D eigenvalue weighted by molar-refractivity contribution is -0.134. The topological polar surface area (TPSA) is 78.5 Å². The highest BCUT2D eigenvalue weighted by Crippen LogP contribution is 2.29. The van der Waals surface area contributed by atoms with E-state index in [1.807, 2.05) is 23.1 Å². The summed E-state index contributed by atoms with van der Waals surface area (Å²) in [4.78, 5) is 38.1. The lowest BCUT2D eigenvalue weighted by Gasteiger charge is -2.28. The molecule has 0 saturated carbocycles. The van der Waals surface area contributed by atoms with Gasteiger partial charge in [-0.1, -0.05) is 30.4 Å². The summed E-state index contributed by atoms with van der Waals surface area (Å²) < 4.78 is 5.48. The van der Waals surface area contributed by atoms with Gasteiger partial charge in [0.2, 0.25) is 5.91 Å². The highest BCUT2D eigenvalue weighted by atomic mass is 16.5. The molecule has 5 rings (SSSR count). The number of hydrogen-bond donors (Lipinski definition) is 1. The predicted octanol–water partition coefficient (Wildman–Crippen LogP) is 3.01. The van der Waals surface area contributed by atoms with Crippen molar-refractivity contribution in [1.82, 2.24) is 19.8 Å². The Morgan fingerprint density at radius 3 is 2.91 bits per heavy atom. The maximum absolute atomic E-state index is 13.0. The quantitative estimate of drug-likeness (QED) is 0.712. The van der Waals surface area contributed by atoms with Crippen LogP contribution in [0.4, 0.5) is 0 Å². The second kappa shape index (κ2) is 9.51. The summed E-state index contributed by atoms with van der Waals surface area (Å²) in [5.74, 6) is 2.09. The number of likely N-dealkylation sites (tertiary alicyclic amines) is 1. The van der Waals surface area contributed by atoms with Gasteiger partial charge in [-0.2, -0.15) is 0 Å². The van der Waals surface area contributed by atoms with Gasteiger partial charge in [0.05, 0.1) is 18.4 Å². The van der Waals surface area contributed by atoms with Gasteiger partial charge in [-0.3, -0.25) is 14.5 Å². The van der Waals surface area contributed by atoms with E-state index in [0.29, 0.717) is 13.1 Å². The van der Waals surface area contributed by atoms with Gasteiger partial charge in [0.1, 0.15) is 11.6 Å². The van der Waals surface area contributed by atoms with Crippen LogP contribution in [0.5, 0.6) is 5.75 Å². The Labute approximate surface area is 194 Å². The number of carbonyl (C=O) groups excluding carboxylic acids is 1. The maximum Gasteiger partial charge on any atom is 0.255 e. The van der Waals surface area contributed by atoms with Crippen LogP contribution in [0.1, 0.15) is 54.2 Å². The normalized spacial score (nSPS) is 22.9. The number of H-pyrrole nitrogens is 1. The molecule has 2 atom stereocenters. The van der Waals surface area contributed by atoms with E-state index in [2.05, 4.69) is 28.1 Å². The molecular formula is C26H32N4O3. The second-order valence-electron chi connectivity index (χ2n) is 9.40. The zero-order valence-corrected chi connectivity index (χ0v) is 19.3. The number of methoxy groups -OCH3 is 1. The van der Waals surface area contributed by atoms with E-state index in [1.165, 1.54) is 0 Å². The number of rotatable bonds is 5. The number of aromatic amines is 1. The fourth-order valence-corrected chi connectivity index (χ4v) is 5.36. The first-order chi connectivity index (χ1) is 16.1. The van der Waals surface area contributed by atoms with Crippen molar-refractivity contribution >= 4 is 5.91 Å². The summed E-state index contributed by atoms with van der Waals surface area (Å²) in [6.45, 7) is 3.57. The third kappa shape index (κ3) is 4.60. The molecule has 1 amide bonds. The molecule has 1 fully saturated rings. The molecule has 7 nitrogen and oxygen atoms in total. The van der Waals surface area contributed by atoms with Gasteiger partial charge in [-0.05, 0) is 31.7 Å². The average Bonchev–Trinajstić information content (AvgIpc) is 3.35. The summed E-state index contributed by atoms with van der Waals surface area (Å²) in [7, 11) is 1.68. The van der Waals surface area contributed by atoms with E-state index in [4.69, 9.17) is 9.72 Å². The van der Waals surface area contributed by atoms with E-state index in [1.54, 1.807) is 7.11 Å². The van der Waals surface area contributed by atoms with Crippen LogP contribution in [-0.2, 0) is 24.3 Å². The largest absolute Gasteiger partial charge is 0.496 e. The maximum atomic E-state index is 13.0.